The number of hydrogen-bond donors (Lipinski definition) is 2. The average molecular weight is 290 g/mol. The summed E-state index contributed by atoms with van der Waals surface area (Å²) in [4.78, 5) is 11.8. The van der Waals surface area contributed by atoms with Gasteiger partial charge >= 0.3 is 0 Å². The highest BCUT2D eigenvalue weighted by Crippen LogP contribution is 2.03. The van der Waals surface area contributed by atoms with E-state index in [4.69, 9.17) is 4.74 Å². The lowest BCUT2D eigenvalue weighted by atomic mass is 10.1. The lowest BCUT2D eigenvalue weighted by Crippen LogP contribution is -2.42. The Morgan fingerprint density at radius 2 is 1.95 bits per heavy atom. The third kappa shape index (κ3) is 6.74. The summed E-state index contributed by atoms with van der Waals surface area (Å²) in [5.74, 6) is 0.161. The van der Waals surface area contributed by atoms with Crippen molar-refractivity contribution in [1.29, 1.82) is 0 Å². The Balaban J connectivity index is 1.46. The molecule has 0 aliphatic carbocycles. The van der Waals surface area contributed by atoms with Gasteiger partial charge in [-0.2, -0.15) is 0 Å². The van der Waals surface area contributed by atoms with Gasteiger partial charge in [0.2, 0.25) is 5.91 Å². The van der Waals surface area contributed by atoms with Crippen molar-refractivity contribution >= 4 is 5.91 Å². The number of rotatable bonds is 8. The number of nitrogens with one attached hydrogen (secondary N) is 2. The van der Waals surface area contributed by atoms with Gasteiger partial charge in [-0.05, 0) is 44.3 Å². The topological polar surface area (TPSA) is 50.4 Å². The zero-order valence-electron chi connectivity index (χ0n) is 12.6. The van der Waals surface area contributed by atoms with E-state index in [1.165, 1.54) is 5.56 Å². The van der Waals surface area contributed by atoms with Crippen LogP contribution in [0.1, 0.15) is 31.2 Å². The Morgan fingerprint density at radius 1 is 1.19 bits per heavy atom. The molecule has 0 saturated carbocycles. The molecule has 1 aromatic rings. The van der Waals surface area contributed by atoms with E-state index in [-0.39, 0.29) is 5.91 Å². The standard InChI is InChI=1S/C17H26N2O2/c20-17(19-16-8-11-18-12-9-16)7-4-13-21-14-10-15-5-2-1-3-6-15/h1-3,5-6,16,18H,4,7-14H2,(H,19,20). The number of ether oxygens (including phenoxy) is 1. The van der Waals surface area contributed by atoms with Gasteiger partial charge in [0.25, 0.3) is 0 Å². The van der Waals surface area contributed by atoms with E-state index in [2.05, 4.69) is 22.8 Å². The summed E-state index contributed by atoms with van der Waals surface area (Å²) >= 11 is 0. The van der Waals surface area contributed by atoms with Gasteiger partial charge < -0.3 is 15.4 Å². The largest absolute Gasteiger partial charge is 0.381 e. The van der Waals surface area contributed by atoms with Crippen molar-refractivity contribution in [1.82, 2.24) is 10.6 Å². The van der Waals surface area contributed by atoms with E-state index in [0.717, 1.165) is 45.4 Å². The number of amides is 1. The van der Waals surface area contributed by atoms with Crippen LogP contribution in [-0.2, 0) is 16.0 Å². The first-order valence-corrected chi connectivity index (χ1v) is 7.96. The molecule has 0 atom stereocenters. The van der Waals surface area contributed by atoms with Gasteiger partial charge in [-0.15, -0.1) is 0 Å². The van der Waals surface area contributed by atoms with Crippen molar-refractivity contribution in [3.05, 3.63) is 35.9 Å². The molecule has 1 fully saturated rings. The average Bonchev–Trinajstić information content (AvgIpc) is 2.53. The lowest BCUT2D eigenvalue weighted by molar-refractivity contribution is -0.122. The highest BCUT2D eigenvalue weighted by Gasteiger charge is 2.14. The summed E-state index contributed by atoms with van der Waals surface area (Å²) in [5.41, 5.74) is 1.29. The van der Waals surface area contributed by atoms with Crippen LogP contribution in [-0.4, -0.2) is 38.3 Å². The van der Waals surface area contributed by atoms with Crippen LogP contribution in [0.3, 0.4) is 0 Å². The fourth-order valence-electron chi connectivity index (χ4n) is 2.54. The summed E-state index contributed by atoms with van der Waals surface area (Å²) in [7, 11) is 0. The maximum Gasteiger partial charge on any atom is 0.220 e. The number of carbonyl (C=O) groups is 1. The molecule has 116 valence electrons. The first-order chi connectivity index (χ1) is 10.3. The monoisotopic (exact) mass is 290 g/mol. The Kier molecular flexibility index (Phi) is 7.25. The van der Waals surface area contributed by atoms with Crippen molar-refractivity contribution < 1.29 is 9.53 Å². The van der Waals surface area contributed by atoms with Crippen LogP contribution >= 0.6 is 0 Å². The molecule has 1 saturated heterocycles. The predicted octanol–water partition coefficient (Wildman–Crippen LogP) is 1.89. The summed E-state index contributed by atoms with van der Waals surface area (Å²) in [6.45, 7) is 3.40. The molecule has 4 nitrogen and oxygen atoms in total. The highest BCUT2D eigenvalue weighted by molar-refractivity contribution is 5.76. The van der Waals surface area contributed by atoms with Gasteiger partial charge in [0.05, 0.1) is 6.61 Å². The number of piperidine rings is 1. The molecule has 21 heavy (non-hydrogen) atoms. The van der Waals surface area contributed by atoms with E-state index in [1.54, 1.807) is 0 Å². The second-order valence-electron chi connectivity index (χ2n) is 5.54. The van der Waals surface area contributed by atoms with E-state index in [0.29, 0.717) is 19.1 Å². The Labute approximate surface area is 127 Å². The molecule has 4 heteroatoms. The molecule has 0 radical (unpaired) electrons. The summed E-state index contributed by atoms with van der Waals surface area (Å²) < 4.78 is 5.59. The summed E-state index contributed by atoms with van der Waals surface area (Å²) in [6.07, 6.45) is 4.38. The van der Waals surface area contributed by atoms with Crippen molar-refractivity contribution in [3.8, 4) is 0 Å². The molecule has 1 aromatic carbocycles. The molecule has 1 aliphatic rings. The Hall–Kier alpha value is -1.39. The molecule has 1 heterocycles. The molecule has 2 rings (SSSR count). The minimum Gasteiger partial charge on any atom is -0.381 e. The van der Waals surface area contributed by atoms with Gasteiger partial charge in [0.15, 0.2) is 0 Å². The first kappa shape index (κ1) is 16.0. The van der Waals surface area contributed by atoms with E-state index in [1.807, 2.05) is 18.2 Å². The second-order valence-corrected chi connectivity index (χ2v) is 5.54. The van der Waals surface area contributed by atoms with Crippen molar-refractivity contribution in [3.63, 3.8) is 0 Å². The summed E-state index contributed by atoms with van der Waals surface area (Å²) in [6, 6.07) is 10.7. The fourth-order valence-corrected chi connectivity index (χ4v) is 2.54. The van der Waals surface area contributed by atoms with Gasteiger partial charge in [-0.3, -0.25) is 4.79 Å². The summed E-state index contributed by atoms with van der Waals surface area (Å²) in [5, 5.41) is 6.40. The fraction of sp³-hybridized carbons (Fsp3) is 0.588. The third-order valence-electron chi connectivity index (χ3n) is 3.77. The van der Waals surface area contributed by atoms with Crippen LogP contribution in [0.4, 0.5) is 0 Å². The third-order valence-corrected chi connectivity index (χ3v) is 3.77. The maximum absolute atomic E-state index is 11.8. The zero-order chi connectivity index (χ0) is 14.8. The minimum absolute atomic E-state index is 0.161. The van der Waals surface area contributed by atoms with E-state index >= 15 is 0 Å². The molecule has 0 bridgehead atoms. The number of carbonyl (C=O) groups excluding carboxylic acids is 1. The molecule has 0 spiro atoms. The van der Waals surface area contributed by atoms with E-state index < -0.39 is 0 Å². The zero-order valence-corrected chi connectivity index (χ0v) is 12.6. The maximum atomic E-state index is 11.8. The number of benzene rings is 1. The molecule has 0 unspecified atom stereocenters. The van der Waals surface area contributed by atoms with Crippen LogP contribution < -0.4 is 10.6 Å². The molecular weight excluding hydrogens is 264 g/mol. The van der Waals surface area contributed by atoms with Crippen LogP contribution in [0, 0.1) is 0 Å². The van der Waals surface area contributed by atoms with Crippen LogP contribution in [0.2, 0.25) is 0 Å². The van der Waals surface area contributed by atoms with Gasteiger partial charge in [-0.25, -0.2) is 0 Å². The second kappa shape index (κ2) is 9.53. The predicted molar refractivity (Wildman–Crippen MR) is 84.2 cm³/mol. The van der Waals surface area contributed by atoms with Gasteiger partial charge in [0, 0.05) is 19.1 Å². The molecule has 0 aromatic heterocycles. The van der Waals surface area contributed by atoms with Crippen LogP contribution in [0.25, 0.3) is 0 Å². The molecular formula is C17H26N2O2. The molecule has 1 aliphatic heterocycles. The SMILES string of the molecule is O=C(CCCOCCc1ccccc1)NC1CCNCC1. The van der Waals surface area contributed by atoms with Crippen LogP contribution in [0.5, 0.6) is 0 Å². The van der Waals surface area contributed by atoms with E-state index in [9.17, 15) is 4.79 Å². The minimum atomic E-state index is 0.161. The smallest absolute Gasteiger partial charge is 0.220 e. The quantitative estimate of drug-likeness (QED) is 0.719. The van der Waals surface area contributed by atoms with Crippen molar-refractivity contribution in [2.45, 2.75) is 38.1 Å². The number of hydrogen-bond acceptors (Lipinski definition) is 3. The Bertz CT molecular complexity index is 403. The lowest BCUT2D eigenvalue weighted by Gasteiger charge is -2.23. The normalized spacial score (nSPS) is 15.8. The van der Waals surface area contributed by atoms with Crippen molar-refractivity contribution in [2.75, 3.05) is 26.3 Å². The molecule has 1 amide bonds. The van der Waals surface area contributed by atoms with Gasteiger partial charge in [-0.1, -0.05) is 30.3 Å². The van der Waals surface area contributed by atoms with Crippen molar-refractivity contribution in [2.24, 2.45) is 0 Å². The highest BCUT2D eigenvalue weighted by atomic mass is 16.5. The van der Waals surface area contributed by atoms with Crippen LogP contribution in [0.15, 0.2) is 30.3 Å². The van der Waals surface area contributed by atoms with Gasteiger partial charge in [0.1, 0.15) is 0 Å². The first-order valence-electron chi connectivity index (χ1n) is 7.96. The molecule has 2 N–H and O–H groups in total. The Morgan fingerprint density at radius 3 is 2.71 bits per heavy atom.